The highest BCUT2D eigenvalue weighted by molar-refractivity contribution is 14.1. The molecule has 88 valence electrons. The Bertz CT molecular complexity index is 485. The van der Waals surface area contributed by atoms with Crippen LogP contribution >= 0.6 is 22.6 Å². The highest BCUT2D eigenvalue weighted by atomic mass is 127. The third-order valence-electron chi connectivity index (χ3n) is 2.30. The maximum absolute atomic E-state index is 5.65. The number of nitrogens with zero attached hydrogens (tertiary/aromatic N) is 1. The molecule has 0 saturated carbocycles. The van der Waals surface area contributed by atoms with Crippen molar-refractivity contribution in [2.75, 3.05) is 0 Å². The van der Waals surface area contributed by atoms with E-state index in [1.165, 1.54) is 0 Å². The van der Waals surface area contributed by atoms with Crippen LogP contribution < -0.4 is 10.5 Å². The maximum atomic E-state index is 5.65. The van der Waals surface area contributed by atoms with Gasteiger partial charge in [-0.2, -0.15) is 0 Å². The molecular formula is C13H13IN2O. The smallest absolute Gasteiger partial charge is 0.130 e. The van der Waals surface area contributed by atoms with Crippen molar-refractivity contribution in [2.45, 2.75) is 13.2 Å². The average Bonchev–Trinajstić information content (AvgIpc) is 2.37. The zero-order valence-electron chi connectivity index (χ0n) is 9.27. The van der Waals surface area contributed by atoms with Gasteiger partial charge in [0.05, 0.1) is 5.69 Å². The van der Waals surface area contributed by atoms with E-state index in [9.17, 15) is 0 Å². The Kier molecular flexibility index (Phi) is 4.33. The highest BCUT2D eigenvalue weighted by Gasteiger charge is 1.98. The average molecular weight is 340 g/mol. The van der Waals surface area contributed by atoms with E-state index >= 15 is 0 Å². The Labute approximate surface area is 114 Å². The Hall–Kier alpha value is -1.14. The monoisotopic (exact) mass is 340 g/mol. The molecule has 3 nitrogen and oxygen atoms in total. The zero-order valence-corrected chi connectivity index (χ0v) is 11.4. The number of benzene rings is 1. The number of rotatable bonds is 4. The minimum absolute atomic E-state index is 0.477. The molecule has 17 heavy (non-hydrogen) atoms. The van der Waals surface area contributed by atoms with Gasteiger partial charge in [0.15, 0.2) is 0 Å². The lowest BCUT2D eigenvalue weighted by molar-refractivity contribution is 0.301. The molecule has 2 aromatic rings. The lowest BCUT2D eigenvalue weighted by Gasteiger charge is -2.06. The van der Waals surface area contributed by atoms with E-state index in [1.807, 2.05) is 36.4 Å². The maximum Gasteiger partial charge on any atom is 0.130 e. The van der Waals surface area contributed by atoms with E-state index in [1.54, 1.807) is 6.20 Å². The molecule has 4 heteroatoms. The molecule has 1 aromatic heterocycles. The van der Waals surface area contributed by atoms with Crippen LogP contribution in [0.2, 0.25) is 0 Å². The van der Waals surface area contributed by atoms with Gasteiger partial charge < -0.3 is 10.5 Å². The van der Waals surface area contributed by atoms with Gasteiger partial charge in [0, 0.05) is 16.3 Å². The second kappa shape index (κ2) is 5.97. The van der Waals surface area contributed by atoms with E-state index in [-0.39, 0.29) is 0 Å². The molecule has 0 aliphatic heterocycles. The molecule has 0 amide bonds. The molecule has 0 fully saturated rings. The summed E-state index contributed by atoms with van der Waals surface area (Å²) in [7, 11) is 0. The Morgan fingerprint density at radius 3 is 2.76 bits per heavy atom. The van der Waals surface area contributed by atoms with Crippen LogP contribution in [-0.2, 0) is 13.2 Å². The predicted octanol–water partition coefficient (Wildman–Crippen LogP) is 2.72. The van der Waals surface area contributed by atoms with Crippen molar-refractivity contribution in [3.63, 3.8) is 0 Å². The fourth-order valence-corrected chi connectivity index (χ4v) is 1.89. The summed E-state index contributed by atoms with van der Waals surface area (Å²) in [4.78, 5) is 4.28. The van der Waals surface area contributed by atoms with E-state index in [2.05, 4.69) is 27.6 Å². The summed E-state index contributed by atoms with van der Waals surface area (Å²) >= 11 is 2.26. The first-order chi connectivity index (χ1) is 8.28. The topological polar surface area (TPSA) is 48.1 Å². The number of hydrogen-bond acceptors (Lipinski definition) is 3. The first-order valence-electron chi connectivity index (χ1n) is 5.30. The summed E-state index contributed by atoms with van der Waals surface area (Å²) in [6, 6.07) is 11.9. The molecule has 0 aliphatic rings. The lowest BCUT2D eigenvalue weighted by Crippen LogP contribution is -2.01. The van der Waals surface area contributed by atoms with Gasteiger partial charge in [0.2, 0.25) is 0 Å². The van der Waals surface area contributed by atoms with Gasteiger partial charge in [-0.3, -0.25) is 4.98 Å². The number of aromatic nitrogens is 1. The molecule has 0 aliphatic carbocycles. The molecule has 0 saturated heterocycles. The minimum Gasteiger partial charge on any atom is -0.487 e. The Morgan fingerprint density at radius 2 is 2.12 bits per heavy atom. The molecule has 2 rings (SSSR count). The van der Waals surface area contributed by atoms with Crippen LogP contribution in [0.1, 0.15) is 11.3 Å². The summed E-state index contributed by atoms with van der Waals surface area (Å²) in [5, 5.41) is 0. The third-order valence-corrected chi connectivity index (χ3v) is 2.98. The standard InChI is InChI=1S/C13H13IN2O/c14-11-2-1-3-13(6-11)17-9-12-5-4-10(7-15)8-16-12/h1-6,8H,7,9,15H2. The number of ether oxygens (including phenoxy) is 1. The summed E-state index contributed by atoms with van der Waals surface area (Å²) < 4.78 is 6.81. The van der Waals surface area contributed by atoms with E-state index in [4.69, 9.17) is 10.5 Å². The van der Waals surface area contributed by atoms with Crippen LogP contribution in [0.15, 0.2) is 42.6 Å². The van der Waals surface area contributed by atoms with Crippen molar-refractivity contribution < 1.29 is 4.74 Å². The molecule has 0 unspecified atom stereocenters. The van der Waals surface area contributed by atoms with Gasteiger partial charge in [-0.05, 0) is 52.4 Å². The van der Waals surface area contributed by atoms with Crippen molar-refractivity contribution in [3.8, 4) is 5.75 Å². The molecular weight excluding hydrogens is 327 g/mol. The summed E-state index contributed by atoms with van der Waals surface area (Å²) in [5.74, 6) is 0.863. The van der Waals surface area contributed by atoms with Crippen LogP contribution in [-0.4, -0.2) is 4.98 Å². The Morgan fingerprint density at radius 1 is 1.24 bits per heavy atom. The first-order valence-corrected chi connectivity index (χ1v) is 6.38. The van der Waals surface area contributed by atoms with Gasteiger partial charge in [-0.15, -0.1) is 0 Å². The van der Waals surface area contributed by atoms with Crippen LogP contribution in [0.4, 0.5) is 0 Å². The molecule has 1 heterocycles. The summed E-state index contributed by atoms with van der Waals surface area (Å²) in [5.41, 5.74) is 7.44. The SMILES string of the molecule is NCc1ccc(COc2cccc(I)c2)nc1. The van der Waals surface area contributed by atoms with Gasteiger partial charge >= 0.3 is 0 Å². The van der Waals surface area contributed by atoms with Crippen molar-refractivity contribution in [1.82, 2.24) is 4.98 Å². The van der Waals surface area contributed by atoms with Crippen molar-refractivity contribution in [3.05, 3.63) is 57.4 Å². The Balaban J connectivity index is 1.97. The van der Waals surface area contributed by atoms with Crippen molar-refractivity contribution in [2.24, 2.45) is 5.73 Å². The van der Waals surface area contributed by atoms with E-state index in [0.717, 1.165) is 20.6 Å². The molecule has 1 aromatic carbocycles. The molecule has 0 atom stereocenters. The third kappa shape index (κ3) is 3.67. The molecule has 2 N–H and O–H groups in total. The van der Waals surface area contributed by atoms with E-state index < -0.39 is 0 Å². The number of pyridine rings is 1. The highest BCUT2D eigenvalue weighted by Crippen LogP contribution is 2.15. The first kappa shape index (κ1) is 12.3. The summed E-state index contributed by atoms with van der Waals surface area (Å²) in [6.45, 7) is 0.996. The lowest BCUT2D eigenvalue weighted by atomic mass is 10.2. The van der Waals surface area contributed by atoms with Crippen LogP contribution in [0.3, 0.4) is 0 Å². The molecule has 0 spiro atoms. The van der Waals surface area contributed by atoms with Crippen LogP contribution in [0, 0.1) is 3.57 Å². The van der Waals surface area contributed by atoms with E-state index in [0.29, 0.717) is 13.2 Å². The number of hydrogen-bond donors (Lipinski definition) is 1. The predicted molar refractivity (Wildman–Crippen MR) is 75.6 cm³/mol. The van der Waals surface area contributed by atoms with Crippen LogP contribution in [0.25, 0.3) is 0 Å². The fourth-order valence-electron chi connectivity index (χ4n) is 1.38. The van der Waals surface area contributed by atoms with Gasteiger partial charge in [0.1, 0.15) is 12.4 Å². The fraction of sp³-hybridized carbons (Fsp3) is 0.154. The quantitative estimate of drug-likeness (QED) is 0.871. The van der Waals surface area contributed by atoms with Crippen LogP contribution in [0.5, 0.6) is 5.75 Å². The second-order valence-electron chi connectivity index (χ2n) is 3.61. The van der Waals surface area contributed by atoms with Crippen molar-refractivity contribution in [1.29, 1.82) is 0 Å². The van der Waals surface area contributed by atoms with Crippen molar-refractivity contribution >= 4 is 22.6 Å². The second-order valence-corrected chi connectivity index (χ2v) is 4.85. The van der Waals surface area contributed by atoms with Gasteiger partial charge in [0.25, 0.3) is 0 Å². The zero-order chi connectivity index (χ0) is 12.1. The largest absolute Gasteiger partial charge is 0.487 e. The molecule has 0 bridgehead atoms. The van der Waals surface area contributed by atoms with Gasteiger partial charge in [-0.1, -0.05) is 12.1 Å². The number of halogens is 1. The minimum atomic E-state index is 0.477. The normalized spacial score (nSPS) is 10.2. The molecule has 0 radical (unpaired) electrons. The summed E-state index contributed by atoms with van der Waals surface area (Å²) in [6.07, 6.45) is 1.79. The number of nitrogens with two attached hydrogens (primary N) is 1. The van der Waals surface area contributed by atoms with Gasteiger partial charge in [-0.25, -0.2) is 0 Å².